The molecule has 0 aliphatic heterocycles. The van der Waals surface area contributed by atoms with Crippen LogP contribution in [0.1, 0.15) is 43.9 Å². The van der Waals surface area contributed by atoms with Crippen LogP contribution in [0.3, 0.4) is 0 Å². The first-order valence-corrected chi connectivity index (χ1v) is 10.8. The first-order valence-electron chi connectivity index (χ1n) is 9.88. The van der Waals surface area contributed by atoms with E-state index < -0.39 is 0 Å². The van der Waals surface area contributed by atoms with Crippen molar-refractivity contribution in [3.63, 3.8) is 0 Å². The molecular weight excluding hydrogens is 356 g/mol. The van der Waals surface area contributed by atoms with E-state index in [1.54, 1.807) is 11.3 Å². The molecule has 146 valence electrons. The summed E-state index contributed by atoms with van der Waals surface area (Å²) in [7, 11) is 0. The minimum absolute atomic E-state index is 0.130. The topological polar surface area (TPSA) is 69.5 Å². The number of aliphatic imine (C=N–C) groups is 1. The van der Waals surface area contributed by atoms with E-state index in [0.29, 0.717) is 12.6 Å². The lowest BCUT2D eigenvalue weighted by Gasteiger charge is -2.27. The highest BCUT2D eigenvalue weighted by Gasteiger charge is 2.19. The van der Waals surface area contributed by atoms with E-state index in [2.05, 4.69) is 54.1 Å². The number of thiazole rings is 1. The number of aryl methyl sites for hydroxylation is 1. The van der Waals surface area contributed by atoms with Crippen LogP contribution in [0.25, 0.3) is 10.6 Å². The average Bonchev–Trinajstić information content (AvgIpc) is 3.13. The standard InChI is InChI=1S/C21H30N4OS/c1-3-22-21(25-17-8-10-19(26)11-9-17)23-13-12-18-14-27-20(24-18)16-6-4-15(2)5-7-16/h4-7,14,17,19,26H,3,8-13H2,1-2H3,(H2,22,23,25). The number of rotatable bonds is 6. The van der Waals surface area contributed by atoms with Crippen molar-refractivity contribution >= 4 is 17.3 Å². The second-order valence-corrected chi connectivity index (χ2v) is 8.03. The molecule has 1 aromatic carbocycles. The van der Waals surface area contributed by atoms with Crippen molar-refractivity contribution in [1.29, 1.82) is 0 Å². The number of nitrogens with zero attached hydrogens (tertiary/aromatic N) is 2. The van der Waals surface area contributed by atoms with Crippen LogP contribution >= 0.6 is 11.3 Å². The van der Waals surface area contributed by atoms with Crippen molar-refractivity contribution in [3.05, 3.63) is 40.9 Å². The first kappa shape index (κ1) is 19.8. The zero-order chi connectivity index (χ0) is 19.1. The minimum atomic E-state index is -0.130. The van der Waals surface area contributed by atoms with Crippen molar-refractivity contribution in [2.75, 3.05) is 13.1 Å². The Bertz CT molecular complexity index is 733. The smallest absolute Gasteiger partial charge is 0.191 e. The first-order chi connectivity index (χ1) is 13.1. The summed E-state index contributed by atoms with van der Waals surface area (Å²) in [5, 5.41) is 19.7. The molecule has 0 saturated heterocycles. The molecule has 0 amide bonds. The van der Waals surface area contributed by atoms with Gasteiger partial charge < -0.3 is 15.7 Å². The van der Waals surface area contributed by atoms with Crippen LogP contribution < -0.4 is 10.6 Å². The number of nitrogens with one attached hydrogen (secondary N) is 2. The highest BCUT2D eigenvalue weighted by Crippen LogP contribution is 2.24. The van der Waals surface area contributed by atoms with E-state index in [0.717, 1.165) is 55.3 Å². The van der Waals surface area contributed by atoms with Gasteiger partial charge in [0.15, 0.2) is 5.96 Å². The lowest BCUT2D eigenvalue weighted by Crippen LogP contribution is -2.45. The molecule has 1 aliphatic carbocycles. The molecule has 1 saturated carbocycles. The van der Waals surface area contributed by atoms with Crippen molar-refractivity contribution in [2.45, 2.75) is 58.1 Å². The lowest BCUT2D eigenvalue weighted by molar-refractivity contribution is 0.120. The van der Waals surface area contributed by atoms with Crippen LogP contribution in [0.15, 0.2) is 34.6 Å². The number of aliphatic hydroxyl groups is 1. The zero-order valence-electron chi connectivity index (χ0n) is 16.2. The molecule has 0 spiro atoms. The molecule has 0 radical (unpaired) electrons. The summed E-state index contributed by atoms with van der Waals surface area (Å²) >= 11 is 1.69. The summed E-state index contributed by atoms with van der Waals surface area (Å²) in [5.74, 6) is 0.868. The Morgan fingerprint density at radius 1 is 1.22 bits per heavy atom. The molecule has 1 fully saturated rings. The van der Waals surface area contributed by atoms with Crippen molar-refractivity contribution < 1.29 is 5.11 Å². The molecule has 2 aromatic rings. The largest absolute Gasteiger partial charge is 0.393 e. The number of aliphatic hydroxyl groups excluding tert-OH is 1. The molecule has 5 nitrogen and oxygen atoms in total. The number of benzene rings is 1. The third-order valence-corrected chi connectivity index (χ3v) is 5.81. The Morgan fingerprint density at radius 3 is 2.67 bits per heavy atom. The molecule has 6 heteroatoms. The molecule has 0 unspecified atom stereocenters. The maximum atomic E-state index is 9.65. The summed E-state index contributed by atoms with van der Waals surface area (Å²) in [5.41, 5.74) is 3.53. The van der Waals surface area contributed by atoms with Gasteiger partial charge in [-0.25, -0.2) is 4.98 Å². The quantitative estimate of drug-likeness (QED) is 0.525. The fourth-order valence-corrected chi connectivity index (χ4v) is 4.13. The third-order valence-electron chi connectivity index (χ3n) is 4.87. The summed E-state index contributed by atoms with van der Waals surface area (Å²) in [4.78, 5) is 9.47. The summed E-state index contributed by atoms with van der Waals surface area (Å²) < 4.78 is 0. The third kappa shape index (κ3) is 6.04. The van der Waals surface area contributed by atoms with Gasteiger partial charge in [-0.05, 0) is 39.5 Å². The van der Waals surface area contributed by atoms with Gasteiger partial charge in [0.1, 0.15) is 5.01 Å². The van der Waals surface area contributed by atoms with Gasteiger partial charge in [-0.15, -0.1) is 11.3 Å². The molecule has 27 heavy (non-hydrogen) atoms. The van der Waals surface area contributed by atoms with E-state index in [4.69, 9.17) is 9.98 Å². The van der Waals surface area contributed by atoms with Gasteiger partial charge >= 0.3 is 0 Å². The van der Waals surface area contributed by atoms with Crippen molar-refractivity contribution in [1.82, 2.24) is 15.6 Å². The molecule has 0 atom stereocenters. The summed E-state index contributed by atoms with van der Waals surface area (Å²) in [6.07, 6.45) is 4.45. The number of hydrogen-bond donors (Lipinski definition) is 3. The fraction of sp³-hybridized carbons (Fsp3) is 0.524. The molecule has 1 aromatic heterocycles. The molecule has 0 bridgehead atoms. The Morgan fingerprint density at radius 2 is 1.96 bits per heavy atom. The predicted octanol–water partition coefficient (Wildman–Crippen LogP) is 3.52. The van der Waals surface area contributed by atoms with Gasteiger partial charge in [0.2, 0.25) is 0 Å². The van der Waals surface area contributed by atoms with Crippen molar-refractivity contribution in [3.8, 4) is 10.6 Å². The Balaban J connectivity index is 1.53. The van der Waals surface area contributed by atoms with E-state index in [1.165, 1.54) is 11.1 Å². The monoisotopic (exact) mass is 386 g/mol. The number of hydrogen-bond acceptors (Lipinski definition) is 4. The van der Waals surface area contributed by atoms with Crippen LogP contribution in [0.5, 0.6) is 0 Å². The molecular formula is C21H30N4OS. The van der Waals surface area contributed by atoms with Crippen LogP contribution in [-0.2, 0) is 6.42 Å². The van der Waals surface area contributed by atoms with Gasteiger partial charge in [-0.2, -0.15) is 0 Å². The number of aromatic nitrogens is 1. The maximum Gasteiger partial charge on any atom is 0.191 e. The molecule has 3 rings (SSSR count). The van der Waals surface area contributed by atoms with Gasteiger partial charge in [-0.1, -0.05) is 29.8 Å². The van der Waals surface area contributed by atoms with Crippen molar-refractivity contribution in [2.24, 2.45) is 4.99 Å². The lowest BCUT2D eigenvalue weighted by atomic mass is 9.93. The zero-order valence-corrected chi connectivity index (χ0v) is 17.1. The van der Waals surface area contributed by atoms with E-state index in [1.807, 2.05) is 0 Å². The molecule has 1 heterocycles. The number of guanidine groups is 1. The summed E-state index contributed by atoms with van der Waals surface area (Å²) in [6, 6.07) is 8.91. The van der Waals surface area contributed by atoms with Crippen LogP contribution in [-0.4, -0.2) is 41.3 Å². The van der Waals surface area contributed by atoms with Crippen LogP contribution in [0.4, 0.5) is 0 Å². The Hall–Kier alpha value is -1.92. The highest BCUT2D eigenvalue weighted by molar-refractivity contribution is 7.13. The summed E-state index contributed by atoms with van der Waals surface area (Å²) in [6.45, 7) is 5.73. The van der Waals surface area contributed by atoms with Gasteiger partial charge in [0, 0.05) is 36.5 Å². The van der Waals surface area contributed by atoms with E-state index >= 15 is 0 Å². The van der Waals surface area contributed by atoms with Crippen LogP contribution in [0.2, 0.25) is 0 Å². The molecule has 1 aliphatic rings. The Kier molecular flexibility index (Phi) is 7.24. The SMILES string of the molecule is CCNC(=NCCc1csc(-c2ccc(C)cc2)n1)NC1CCC(O)CC1. The highest BCUT2D eigenvalue weighted by atomic mass is 32.1. The molecule has 3 N–H and O–H groups in total. The fourth-order valence-electron chi connectivity index (χ4n) is 3.27. The van der Waals surface area contributed by atoms with Gasteiger partial charge in [0.05, 0.1) is 11.8 Å². The van der Waals surface area contributed by atoms with Crippen LogP contribution in [0, 0.1) is 6.92 Å². The maximum absolute atomic E-state index is 9.65. The minimum Gasteiger partial charge on any atom is -0.393 e. The van der Waals surface area contributed by atoms with Gasteiger partial charge in [0.25, 0.3) is 0 Å². The van der Waals surface area contributed by atoms with E-state index in [-0.39, 0.29) is 6.10 Å². The van der Waals surface area contributed by atoms with E-state index in [9.17, 15) is 5.11 Å². The average molecular weight is 387 g/mol. The second kappa shape index (κ2) is 9.85. The normalized spacial score (nSPS) is 20.5. The predicted molar refractivity (Wildman–Crippen MR) is 113 cm³/mol. The Labute approximate surface area is 166 Å². The van der Waals surface area contributed by atoms with Gasteiger partial charge in [-0.3, -0.25) is 4.99 Å². The second-order valence-electron chi connectivity index (χ2n) is 7.17.